The van der Waals surface area contributed by atoms with Crippen LogP contribution in [0.1, 0.15) is 44.6 Å². The molecule has 2 atom stereocenters. The molecular weight excluding hydrogens is 262 g/mol. The van der Waals surface area contributed by atoms with Crippen LogP contribution in [0.2, 0.25) is 0 Å². The van der Waals surface area contributed by atoms with Crippen LogP contribution in [0.15, 0.2) is 30.3 Å². The molecule has 21 heavy (non-hydrogen) atoms. The Morgan fingerprint density at radius 2 is 2.00 bits per heavy atom. The Hall–Kier alpha value is -1.77. The molecule has 0 bridgehead atoms. The van der Waals surface area contributed by atoms with E-state index in [2.05, 4.69) is 12.2 Å². The Bertz CT molecular complexity index is 478. The van der Waals surface area contributed by atoms with Gasteiger partial charge in [0.05, 0.1) is 0 Å². The lowest BCUT2D eigenvalue weighted by molar-refractivity contribution is -0.131. The van der Waals surface area contributed by atoms with Crippen molar-refractivity contribution in [3.63, 3.8) is 0 Å². The van der Waals surface area contributed by atoms with Crippen molar-refractivity contribution < 1.29 is 9.90 Å². The summed E-state index contributed by atoms with van der Waals surface area (Å²) in [5.41, 5.74) is 2.01. The van der Waals surface area contributed by atoms with E-state index < -0.39 is 5.97 Å². The zero-order valence-electron chi connectivity index (χ0n) is 12.7. The first-order valence-corrected chi connectivity index (χ1v) is 7.90. The van der Waals surface area contributed by atoms with Crippen LogP contribution in [0, 0.1) is 11.8 Å². The maximum Gasteiger partial charge on any atom is 0.328 e. The van der Waals surface area contributed by atoms with Crippen LogP contribution in [0.5, 0.6) is 0 Å². The lowest BCUT2D eigenvalue weighted by Crippen LogP contribution is -2.19. The molecule has 0 aromatic heterocycles. The minimum absolute atomic E-state index is 0.865. The average Bonchev–Trinajstić information content (AvgIpc) is 2.48. The van der Waals surface area contributed by atoms with Gasteiger partial charge >= 0.3 is 5.97 Å². The van der Waals surface area contributed by atoms with Crippen molar-refractivity contribution in [1.29, 1.82) is 0 Å². The lowest BCUT2D eigenvalue weighted by Gasteiger charge is -2.28. The number of anilines is 1. The van der Waals surface area contributed by atoms with Crippen LogP contribution in [0.4, 0.5) is 5.69 Å². The number of hydrogen-bond donors (Lipinski definition) is 2. The summed E-state index contributed by atoms with van der Waals surface area (Å²) in [6.45, 7) is 3.40. The molecule has 2 N–H and O–H groups in total. The van der Waals surface area contributed by atoms with E-state index in [-0.39, 0.29) is 0 Å². The Labute approximate surface area is 127 Å². The third-order valence-corrected chi connectivity index (χ3v) is 4.46. The summed E-state index contributed by atoms with van der Waals surface area (Å²) in [5, 5.41) is 12.1. The molecule has 2 rings (SSSR count). The quantitative estimate of drug-likeness (QED) is 0.762. The van der Waals surface area contributed by atoms with E-state index in [0.29, 0.717) is 0 Å². The molecule has 0 radical (unpaired) electrons. The standard InChI is InChI=1S/C18H25NO2/c1-14-4-2-3-5-16(14)12-13-19-17-9-6-15(7-10-17)8-11-18(20)21/h6-11,14,16,19H,2-5,12-13H2,1H3,(H,20,21)/b11-8+. The predicted molar refractivity (Wildman–Crippen MR) is 87.3 cm³/mol. The number of benzene rings is 1. The SMILES string of the molecule is CC1CCCCC1CCNc1ccc(/C=C/C(=O)O)cc1. The van der Waals surface area contributed by atoms with Gasteiger partial charge in [-0.15, -0.1) is 0 Å². The second-order valence-electron chi connectivity index (χ2n) is 6.03. The van der Waals surface area contributed by atoms with E-state index >= 15 is 0 Å². The van der Waals surface area contributed by atoms with Gasteiger partial charge in [0, 0.05) is 18.3 Å². The van der Waals surface area contributed by atoms with Crippen molar-refractivity contribution in [1.82, 2.24) is 0 Å². The summed E-state index contributed by atoms with van der Waals surface area (Å²) in [4.78, 5) is 10.5. The van der Waals surface area contributed by atoms with E-state index in [0.717, 1.165) is 35.7 Å². The maximum absolute atomic E-state index is 10.5. The molecule has 1 saturated carbocycles. The summed E-state index contributed by atoms with van der Waals surface area (Å²) >= 11 is 0. The number of carbonyl (C=O) groups is 1. The van der Waals surface area contributed by atoms with Crippen molar-refractivity contribution in [2.24, 2.45) is 11.8 Å². The molecule has 1 fully saturated rings. The van der Waals surface area contributed by atoms with Crippen LogP contribution in [0.3, 0.4) is 0 Å². The average molecular weight is 287 g/mol. The van der Waals surface area contributed by atoms with Gasteiger partial charge in [0.1, 0.15) is 0 Å². The van der Waals surface area contributed by atoms with Crippen molar-refractivity contribution in [2.45, 2.75) is 39.0 Å². The Kier molecular flexibility index (Phi) is 5.85. The molecule has 3 heteroatoms. The highest BCUT2D eigenvalue weighted by Crippen LogP contribution is 2.31. The largest absolute Gasteiger partial charge is 0.478 e. The van der Waals surface area contributed by atoms with Gasteiger partial charge in [0.15, 0.2) is 0 Å². The molecule has 1 aromatic carbocycles. The summed E-state index contributed by atoms with van der Waals surface area (Å²) in [6, 6.07) is 7.88. The number of rotatable bonds is 6. The van der Waals surface area contributed by atoms with E-state index in [1.54, 1.807) is 6.08 Å². The highest BCUT2D eigenvalue weighted by Gasteiger charge is 2.20. The third-order valence-electron chi connectivity index (χ3n) is 4.46. The van der Waals surface area contributed by atoms with Gasteiger partial charge in [-0.05, 0) is 42.0 Å². The summed E-state index contributed by atoms with van der Waals surface area (Å²) in [5.74, 6) is 0.812. The van der Waals surface area contributed by atoms with Crippen LogP contribution in [-0.2, 0) is 4.79 Å². The smallest absolute Gasteiger partial charge is 0.328 e. The molecule has 2 unspecified atom stereocenters. The predicted octanol–water partition coefficient (Wildman–Crippen LogP) is 4.41. The molecule has 1 aliphatic rings. The van der Waals surface area contributed by atoms with Gasteiger partial charge in [-0.2, -0.15) is 0 Å². The first-order chi connectivity index (χ1) is 10.1. The minimum atomic E-state index is -0.918. The first-order valence-electron chi connectivity index (χ1n) is 7.90. The van der Waals surface area contributed by atoms with Crippen molar-refractivity contribution in [3.05, 3.63) is 35.9 Å². The lowest BCUT2D eigenvalue weighted by atomic mass is 9.79. The molecule has 1 aliphatic carbocycles. The van der Waals surface area contributed by atoms with E-state index in [9.17, 15) is 4.79 Å². The van der Waals surface area contributed by atoms with Crippen LogP contribution < -0.4 is 5.32 Å². The zero-order valence-corrected chi connectivity index (χ0v) is 12.7. The molecule has 0 aliphatic heterocycles. The van der Waals surface area contributed by atoms with Gasteiger partial charge < -0.3 is 10.4 Å². The Morgan fingerprint density at radius 3 is 2.67 bits per heavy atom. The van der Waals surface area contributed by atoms with Gasteiger partial charge in [-0.3, -0.25) is 0 Å². The zero-order chi connectivity index (χ0) is 15.1. The minimum Gasteiger partial charge on any atom is -0.478 e. The number of nitrogens with one attached hydrogen (secondary N) is 1. The molecule has 0 amide bonds. The van der Waals surface area contributed by atoms with E-state index in [1.807, 2.05) is 24.3 Å². The molecule has 114 valence electrons. The Balaban J connectivity index is 1.77. The fourth-order valence-electron chi connectivity index (χ4n) is 3.10. The highest BCUT2D eigenvalue weighted by molar-refractivity contribution is 5.85. The Morgan fingerprint density at radius 1 is 1.29 bits per heavy atom. The summed E-state index contributed by atoms with van der Waals surface area (Å²) in [7, 11) is 0. The second kappa shape index (κ2) is 7.87. The molecule has 0 saturated heterocycles. The number of carboxylic acids is 1. The molecule has 3 nitrogen and oxygen atoms in total. The normalized spacial score (nSPS) is 22.3. The fourth-order valence-corrected chi connectivity index (χ4v) is 3.10. The first kappa shape index (κ1) is 15.6. The fraction of sp³-hybridized carbons (Fsp3) is 0.500. The van der Waals surface area contributed by atoms with Gasteiger partial charge in [0.2, 0.25) is 0 Å². The van der Waals surface area contributed by atoms with Crippen LogP contribution >= 0.6 is 0 Å². The maximum atomic E-state index is 10.5. The molecule has 0 heterocycles. The summed E-state index contributed by atoms with van der Waals surface area (Å²) in [6.07, 6.45) is 9.55. The number of carboxylic acid groups (broad SMARTS) is 1. The van der Waals surface area contributed by atoms with E-state index in [4.69, 9.17) is 5.11 Å². The topological polar surface area (TPSA) is 49.3 Å². The van der Waals surface area contributed by atoms with E-state index in [1.165, 1.54) is 32.1 Å². The highest BCUT2D eigenvalue weighted by atomic mass is 16.4. The number of hydrogen-bond acceptors (Lipinski definition) is 2. The monoisotopic (exact) mass is 287 g/mol. The van der Waals surface area contributed by atoms with Crippen molar-refractivity contribution in [2.75, 3.05) is 11.9 Å². The van der Waals surface area contributed by atoms with Gasteiger partial charge in [-0.1, -0.05) is 44.7 Å². The van der Waals surface area contributed by atoms with Crippen LogP contribution in [0.25, 0.3) is 6.08 Å². The summed E-state index contributed by atoms with van der Waals surface area (Å²) < 4.78 is 0. The van der Waals surface area contributed by atoms with Crippen LogP contribution in [-0.4, -0.2) is 17.6 Å². The molecule has 0 spiro atoms. The van der Waals surface area contributed by atoms with Crippen molar-refractivity contribution in [3.8, 4) is 0 Å². The number of aliphatic carboxylic acids is 1. The second-order valence-corrected chi connectivity index (χ2v) is 6.03. The van der Waals surface area contributed by atoms with Crippen molar-refractivity contribution >= 4 is 17.7 Å². The molecule has 1 aromatic rings. The van der Waals surface area contributed by atoms with Gasteiger partial charge in [0.25, 0.3) is 0 Å². The van der Waals surface area contributed by atoms with Gasteiger partial charge in [-0.25, -0.2) is 4.79 Å². The third kappa shape index (κ3) is 5.25. The molecular formula is C18H25NO2.